The predicted molar refractivity (Wildman–Crippen MR) is 102 cm³/mol. The van der Waals surface area contributed by atoms with Crippen LogP contribution in [0.3, 0.4) is 0 Å². The van der Waals surface area contributed by atoms with Crippen LogP contribution < -0.4 is 0 Å². The highest BCUT2D eigenvalue weighted by Crippen LogP contribution is 2.36. The summed E-state index contributed by atoms with van der Waals surface area (Å²) in [4.78, 5) is 11.8. The normalized spacial score (nSPS) is 11.5. The van der Waals surface area contributed by atoms with Gasteiger partial charge in [-0.1, -0.05) is 29.3 Å². The molecule has 0 aliphatic carbocycles. The molecule has 0 unspecified atom stereocenters. The van der Waals surface area contributed by atoms with Crippen molar-refractivity contribution in [2.24, 2.45) is 0 Å². The van der Waals surface area contributed by atoms with E-state index in [0.717, 1.165) is 11.3 Å². The molecule has 2 N–H and O–H groups in total. The Kier molecular flexibility index (Phi) is 7.90. The minimum atomic E-state index is -3.77. The minimum absolute atomic E-state index is 0.0498. The Bertz CT molecular complexity index is 909. The van der Waals surface area contributed by atoms with Crippen molar-refractivity contribution >= 4 is 50.3 Å². The van der Waals surface area contributed by atoms with E-state index < -0.39 is 27.3 Å². The third-order valence-electron chi connectivity index (χ3n) is 3.30. The first kappa shape index (κ1) is 21.9. The van der Waals surface area contributed by atoms with Crippen LogP contribution in [0.2, 0.25) is 8.67 Å². The lowest BCUT2D eigenvalue weighted by molar-refractivity contribution is 0.0256. The molecule has 0 amide bonds. The van der Waals surface area contributed by atoms with Gasteiger partial charge in [-0.2, -0.15) is 0 Å². The Morgan fingerprint density at radius 1 is 1.15 bits per heavy atom. The fourth-order valence-corrected chi connectivity index (χ4v) is 5.70. The number of benzene rings is 1. The van der Waals surface area contributed by atoms with Crippen molar-refractivity contribution in [3.63, 3.8) is 0 Å². The van der Waals surface area contributed by atoms with Crippen LogP contribution in [-0.2, 0) is 25.1 Å². The van der Waals surface area contributed by atoms with Crippen LogP contribution in [0.15, 0.2) is 29.2 Å². The molecule has 0 radical (unpaired) electrons. The highest BCUT2D eigenvalue weighted by molar-refractivity contribution is 7.91. The van der Waals surface area contributed by atoms with E-state index in [9.17, 15) is 18.3 Å². The molecule has 27 heavy (non-hydrogen) atoms. The summed E-state index contributed by atoms with van der Waals surface area (Å²) in [6, 6.07) is 5.13. The number of ether oxygens (including phenoxy) is 2. The molecule has 0 spiro atoms. The molecule has 2 aromatic rings. The van der Waals surface area contributed by atoms with Crippen LogP contribution in [0.1, 0.15) is 15.9 Å². The molecule has 2 rings (SSSR count). The molecule has 0 saturated heterocycles. The number of thiophene rings is 1. The number of aromatic hydroxyl groups is 1. The van der Waals surface area contributed by atoms with Crippen molar-refractivity contribution in [3.8, 4) is 5.75 Å². The molecule has 0 fully saturated rings. The predicted octanol–water partition coefficient (Wildman–Crippen LogP) is 2.90. The third kappa shape index (κ3) is 6.06. The number of hydrogen-bond acceptors (Lipinski definition) is 8. The van der Waals surface area contributed by atoms with E-state index in [0.29, 0.717) is 0 Å². The minimum Gasteiger partial charge on any atom is -0.507 e. The number of rotatable bonds is 9. The summed E-state index contributed by atoms with van der Waals surface area (Å²) in [5.41, 5.74) is 0.170. The maximum absolute atomic E-state index is 12.5. The molecule has 148 valence electrons. The highest BCUT2D eigenvalue weighted by atomic mass is 35.5. The molecular weight excluding hydrogens is 439 g/mol. The summed E-state index contributed by atoms with van der Waals surface area (Å²) in [5, 5.41) is 18.6. The van der Waals surface area contributed by atoms with Gasteiger partial charge < -0.3 is 19.7 Å². The van der Waals surface area contributed by atoms with Crippen molar-refractivity contribution in [1.29, 1.82) is 0 Å². The van der Waals surface area contributed by atoms with Crippen LogP contribution >= 0.6 is 34.5 Å². The zero-order valence-electron chi connectivity index (χ0n) is 13.9. The van der Waals surface area contributed by atoms with E-state index in [2.05, 4.69) is 0 Å². The van der Waals surface area contributed by atoms with Crippen molar-refractivity contribution in [2.75, 3.05) is 26.4 Å². The summed E-state index contributed by atoms with van der Waals surface area (Å²) in [6.07, 6.45) is 0. The first-order chi connectivity index (χ1) is 12.7. The highest BCUT2D eigenvalue weighted by Gasteiger charge is 2.23. The molecule has 0 atom stereocenters. The number of carbonyl (C=O) groups excluding carboxylic acids is 1. The third-order valence-corrected chi connectivity index (χ3v) is 6.73. The molecule has 11 heteroatoms. The summed E-state index contributed by atoms with van der Waals surface area (Å²) in [7, 11) is -3.77. The SMILES string of the molecule is O=C(OCCOCCO)c1ccc(CS(=O)(=O)c2cc(Cl)sc2Cl)cc1O. The van der Waals surface area contributed by atoms with Crippen molar-refractivity contribution < 1.29 is 32.9 Å². The fourth-order valence-electron chi connectivity index (χ4n) is 2.11. The van der Waals surface area contributed by atoms with Gasteiger partial charge in [0.05, 0.1) is 34.8 Å². The Morgan fingerprint density at radius 2 is 1.89 bits per heavy atom. The van der Waals surface area contributed by atoms with Gasteiger partial charge in [0.25, 0.3) is 0 Å². The largest absolute Gasteiger partial charge is 0.507 e. The average molecular weight is 455 g/mol. The Labute approximate surface area is 170 Å². The molecule has 0 bridgehead atoms. The maximum Gasteiger partial charge on any atom is 0.341 e. The van der Waals surface area contributed by atoms with E-state index in [1.54, 1.807) is 0 Å². The molecule has 7 nitrogen and oxygen atoms in total. The number of sulfone groups is 1. The lowest BCUT2D eigenvalue weighted by atomic mass is 10.1. The topological polar surface area (TPSA) is 110 Å². The number of aliphatic hydroxyl groups excluding tert-OH is 1. The summed E-state index contributed by atoms with van der Waals surface area (Å²) < 4.78 is 35.1. The average Bonchev–Trinajstić information content (AvgIpc) is 2.93. The summed E-state index contributed by atoms with van der Waals surface area (Å²) >= 11 is 12.6. The molecule has 0 aliphatic heterocycles. The number of phenolic OH excluding ortho intramolecular Hbond substituents is 1. The fraction of sp³-hybridized carbons (Fsp3) is 0.312. The molecule has 1 aromatic heterocycles. The quantitative estimate of drug-likeness (QED) is 0.442. The van der Waals surface area contributed by atoms with E-state index in [4.69, 9.17) is 37.8 Å². The standard InChI is InChI=1S/C16H16Cl2O7S2/c17-14-8-13(15(18)26-14)27(22,23)9-10-1-2-11(12(20)7-10)16(21)25-6-5-24-4-3-19/h1-2,7-8,19-20H,3-6,9H2. The van der Waals surface area contributed by atoms with Crippen molar-refractivity contribution in [2.45, 2.75) is 10.6 Å². The van der Waals surface area contributed by atoms with Crippen molar-refractivity contribution in [1.82, 2.24) is 0 Å². The number of esters is 1. The molecular formula is C16H16Cl2O7S2. The van der Waals surface area contributed by atoms with Gasteiger partial charge >= 0.3 is 5.97 Å². The zero-order valence-corrected chi connectivity index (χ0v) is 17.0. The van der Waals surface area contributed by atoms with Gasteiger partial charge in [-0.05, 0) is 23.8 Å². The second kappa shape index (κ2) is 9.72. The Balaban J connectivity index is 2.05. The number of carbonyl (C=O) groups is 1. The number of aliphatic hydroxyl groups is 1. The van der Waals surface area contributed by atoms with Crippen LogP contribution in [0.5, 0.6) is 5.75 Å². The first-order valence-electron chi connectivity index (χ1n) is 7.60. The number of hydrogen-bond donors (Lipinski definition) is 2. The molecule has 0 aliphatic rings. The van der Waals surface area contributed by atoms with Crippen LogP contribution in [-0.4, -0.2) is 51.0 Å². The monoisotopic (exact) mass is 454 g/mol. The van der Waals surface area contributed by atoms with Crippen LogP contribution in [0.25, 0.3) is 0 Å². The molecule has 0 saturated carbocycles. The summed E-state index contributed by atoms with van der Waals surface area (Å²) in [6.45, 7) is 0.0480. The lowest BCUT2D eigenvalue weighted by Crippen LogP contribution is -2.12. The molecule has 1 aromatic carbocycles. The maximum atomic E-state index is 12.5. The summed E-state index contributed by atoms with van der Waals surface area (Å²) in [5.74, 6) is -1.60. The Morgan fingerprint density at radius 3 is 2.48 bits per heavy atom. The first-order valence-corrected chi connectivity index (χ1v) is 10.8. The van der Waals surface area contributed by atoms with Gasteiger partial charge in [0.15, 0.2) is 9.84 Å². The van der Waals surface area contributed by atoms with E-state index in [1.807, 2.05) is 0 Å². The van der Waals surface area contributed by atoms with Crippen LogP contribution in [0.4, 0.5) is 0 Å². The van der Waals surface area contributed by atoms with Crippen LogP contribution in [0, 0.1) is 0 Å². The molecule has 1 heterocycles. The van der Waals surface area contributed by atoms with E-state index in [-0.39, 0.29) is 51.1 Å². The van der Waals surface area contributed by atoms with Gasteiger partial charge in [0.1, 0.15) is 22.3 Å². The van der Waals surface area contributed by atoms with E-state index in [1.165, 1.54) is 24.3 Å². The second-order valence-corrected chi connectivity index (χ2v) is 9.51. The second-order valence-electron chi connectivity index (χ2n) is 5.27. The van der Waals surface area contributed by atoms with E-state index >= 15 is 0 Å². The van der Waals surface area contributed by atoms with Gasteiger partial charge in [-0.3, -0.25) is 0 Å². The van der Waals surface area contributed by atoms with Crippen molar-refractivity contribution in [3.05, 3.63) is 44.1 Å². The van der Waals surface area contributed by atoms with Gasteiger partial charge in [-0.25, -0.2) is 13.2 Å². The number of phenols is 1. The van der Waals surface area contributed by atoms with Gasteiger partial charge in [-0.15, -0.1) is 11.3 Å². The number of halogens is 2. The van der Waals surface area contributed by atoms with Gasteiger partial charge in [0, 0.05) is 0 Å². The smallest absolute Gasteiger partial charge is 0.341 e. The Hall–Kier alpha value is -1.36. The lowest BCUT2D eigenvalue weighted by Gasteiger charge is -2.09. The van der Waals surface area contributed by atoms with Gasteiger partial charge in [0.2, 0.25) is 0 Å². The zero-order chi connectivity index (χ0) is 20.0.